The van der Waals surface area contributed by atoms with Gasteiger partial charge in [-0.05, 0) is 35.7 Å². The van der Waals surface area contributed by atoms with Gasteiger partial charge in [0.25, 0.3) is 0 Å². The second-order valence-corrected chi connectivity index (χ2v) is 7.64. The van der Waals surface area contributed by atoms with E-state index < -0.39 is 9.04 Å². The summed E-state index contributed by atoms with van der Waals surface area (Å²) in [5.74, 6) is 0. The Bertz CT molecular complexity index is 313. The van der Waals surface area contributed by atoms with Crippen molar-refractivity contribution in [3.05, 3.63) is 35.4 Å². The summed E-state index contributed by atoms with van der Waals surface area (Å²) in [4.78, 5) is 0. The molecular formula is C13H21OSi. The summed E-state index contributed by atoms with van der Waals surface area (Å²) in [6.07, 6.45) is 0. The van der Waals surface area contributed by atoms with Gasteiger partial charge in [0, 0.05) is 0 Å². The molecule has 1 aromatic carbocycles. The van der Waals surface area contributed by atoms with E-state index in [0.29, 0.717) is 6.61 Å². The average molecular weight is 221 g/mol. The van der Waals surface area contributed by atoms with E-state index in [1.54, 1.807) is 0 Å². The van der Waals surface area contributed by atoms with E-state index in [-0.39, 0.29) is 5.41 Å². The Kier molecular flexibility index (Phi) is 4.11. The van der Waals surface area contributed by atoms with Crippen LogP contribution in [0.4, 0.5) is 0 Å². The summed E-state index contributed by atoms with van der Waals surface area (Å²) in [6.45, 7) is 11.8. The Morgan fingerprint density at radius 1 is 1.33 bits per heavy atom. The van der Waals surface area contributed by atoms with Crippen LogP contribution in [0.15, 0.2) is 18.2 Å². The first-order chi connectivity index (χ1) is 6.89. The van der Waals surface area contributed by atoms with Gasteiger partial charge in [0.05, 0.1) is 6.61 Å². The van der Waals surface area contributed by atoms with Crippen LogP contribution in [0.1, 0.15) is 31.9 Å². The van der Waals surface area contributed by atoms with E-state index in [2.05, 4.69) is 52.1 Å². The molecular weight excluding hydrogens is 200 g/mol. The van der Waals surface area contributed by atoms with Crippen LogP contribution in [0, 0.1) is 6.07 Å². The fourth-order valence-electron chi connectivity index (χ4n) is 1.32. The Hall–Kier alpha value is -0.603. The predicted octanol–water partition coefficient (Wildman–Crippen LogP) is 3.28. The topological polar surface area (TPSA) is 9.23 Å². The quantitative estimate of drug-likeness (QED) is 0.712. The summed E-state index contributed by atoms with van der Waals surface area (Å²) in [5.41, 5.74) is 2.73. The molecule has 0 N–H and O–H groups in total. The fraction of sp³-hybridized carbons (Fsp3) is 0.538. The predicted molar refractivity (Wildman–Crippen MR) is 67.6 cm³/mol. The molecule has 1 rings (SSSR count). The zero-order valence-electron chi connectivity index (χ0n) is 10.4. The zero-order chi connectivity index (χ0) is 11.5. The molecule has 0 aromatic heterocycles. The number of hydrogen-bond acceptors (Lipinski definition) is 1. The number of benzene rings is 1. The number of hydrogen-bond donors (Lipinski definition) is 0. The van der Waals surface area contributed by atoms with Gasteiger partial charge in [-0.1, -0.05) is 39.0 Å². The van der Waals surface area contributed by atoms with Crippen LogP contribution in [0.5, 0.6) is 0 Å². The van der Waals surface area contributed by atoms with Crippen LogP contribution in [-0.4, -0.2) is 9.04 Å². The molecule has 0 atom stereocenters. The molecule has 2 heteroatoms. The van der Waals surface area contributed by atoms with Gasteiger partial charge < -0.3 is 4.43 Å². The van der Waals surface area contributed by atoms with Gasteiger partial charge in [-0.2, -0.15) is 0 Å². The maximum absolute atomic E-state index is 5.70. The minimum atomic E-state index is -0.918. The lowest BCUT2D eigenvalue weighted by atomic mass is 9.86. The smallest absolute Gasteiger partial charge is 0.171 e. The van der Waals surface area contributed by atoms with Crippen LogP contribution in [0.3, 0.4) is 0 Å². The molecule has 0 spiro atoms. The van der Waals surface area contributed by atoms with E-state index in [1.165, 1.54) is 11.1 Å². The molecule has 0 unspecified atom stereocenters. The fourth-order valence-corrected chi connectivity index (χ4v) is 1.84. The van der Waals surface area contributed by atoms with E-state index in [0.717, 1.165) is 0 Å². The highest BCUT2D eigenvalue weighted by Gasteiger charge is 2.13. The third kappa shape index (κ3) is 4.18. The highest BCUT2D eigenvalue weighted by atomic mass is 28.3. The van der Waals surface area contributed by atoms with Gasteiger partial charge >= 0.3 is 0 Å². The second-order valence-electron chi connectivity index (χ2n) is 5.21. The van der Waals surface area contributed by atoms with Crippen molar-refractivity contribution >= 4 is 9.04 Å². The van der Waals surface area contributed by atoms with Gasteiger partial charge in [-0.25, -0.2) is 0 Å². The van der Waals surface area contributed by atoms with Crippen molar-refractivity contribution in [1.29, 1.82) is 0 Å². The maximum atomic E-state index is 5.70. The lowest BCUT2D eigenvalue weighted by Crippen LogP contribution is -2.12. The average Bonchev–Trinajstić information content (AvgIpc) is 2.14. The van der Waals surface area contributed by atoms with Crippen molar-refractivity contribution < 1.29 is 4.43 Å². The zero-order valence-corrected chi connectivity index (χ0v) is 11.6. The molecule has 1 aromatic rings. The summed E-state index contributed by atoms with van der Waals surface area (Å²) in [5, 5.41) is 0. The molecule has 0 saturated heterocycles. The van der Waals surface area contributed by atoms with E-state index >= 15 is 0 Å². The first-order valence-electron chi connectivity index (χ1n) is 5.52. The summed E-state index contributed by atoms with van der Waals surface area (Å²) >= 11 is 0. The van der Waals surface area contributed by atoms with Crippen LogP contribution < -0.4 is 0 Å². The molecule has 0 bridgehead atoms. The van der Waals surface area contributed by atoms with Crippen molar-refractivity contribution in [2.24, 2.45) is 0 Å². The van der Waals surface area contributed by atoms with Gasteiger partial charge in [-0.3, -0.25) is 0 Å². The van der Waals surface area contributed by atoms with Gasteiger partial charge in [-0.15, -0.1) is 0 Å². The Balaban J connectivity index is 2.75. The molecule has 83 valence electrons. The van der Waals surface area contributed by atoms with E-state index in [1.807, 2.05) is 6.07 Å². The molecule has 15 heavy (non-hydrogen) atoms. The Labute approximate surface area is 95.2 Å². The van der Waals surface area contributed by atoms with Crippen molar-refractivity contribution in [3.8, 4) is 0 Å². The minimum Gasteiger partial charge on any atom is -0.416 e. The van der Waals surface area contributed by atoms with Gasteiger partial charge in [0.15, 0.2) is 9.04 Å². The second kappa shape index (κ2) is 4.95. The maximum Gasteiger partial charge on any atom is 0.171 e. The molecule has 0 saturated carbocycles. The molecule has 0 amide bonds. The van der Waals surface area contributed by atoms with Crippen LogP contribution in [-0.2, 0) is 16.4 Å². The van der Waals surface area contributed by atoms with Crippen molar-refractivity contribution in [2.45, 2.75) is 45.9 Å². The summed E-state index contributed by atoms with van der Waals surface area (Å²) in [6, 6.07) is 9.57. The molecule has 0 aliphatic carbocycles. The van der Waals surface area contributed by atoms with Crippen molar-refractivity contribution in [3.63, 3.8) is 0 Å². The first-order valence-corrected chi connectivity index (χ1v) is 8.30. The third-order valence-electron chi connectivity index (χ3n) is 2.30. The lowest BCUT2D eigenvalue weighted by molar-refractivity contribution is 0.314. The lowest BCUT2D eigenvalue weighted by Gasteiger charge is -2.19. The van der Waals surface area contributed by atoms with Crippen LogP contribution in [0.2, 0.25) is 13.1 Å². The van der Waals surface area contributed by atoms with Gasteiger partial charge in [0.1, 0.15) is 0 Å². The Morgan fingerprint density at radius 2 is 2.00 bits per heavy atom. The van der Waals surface area contributed by atoms with E-state index in [4.69, 9.17) is 4.43 Å². The number of rotatable bonds is 3. The molecule has 0 aliphatic heterocycles. The molecule has 0 fully saturated rings. The Morgan fingerprint density at radius 3 is 2.53 bits per heavy atom. The molecule has 0 aliphatic rings. The monoisotopic (exact) mass is 221 g/mol. The highest BCUT2D eigenvalue weighted by Crippen LogP contribution is 2.22. The molecule has 1 nitrogen and oxygen atoms in total. The largest absolute Gasteiger partial charge is 0.416 e. The molecule has 1 radical (unpaired) electrons. The summed E-state index contributed by atoms with van der Waals surface area (Å²) in [7, 11) is -0.918. The first kappa shape index (κ1) is 12.5. The normalized spacial score (nSPS) is 12.1. The molecule has 0 heterocycles. The van der Waals surface area contributed by atoms with Crippen LogP contribution in [0.25, 0.3) is 0 Å². The minimum absolute atomic E-state index is 0.207. The van der Waals surface area contributed by atoms with Crippen LogP contribution >= 0.6 is 0 Å². The standard InChI is InChI=1S/C13H21OSi/c1-13(2,3)12-8-6-7-11(9-12)10-14-15(4)5/h6,8-9,15H,10H2,1-5H3. The summed E-state index contributed by atoms with van der Waals surface area (Å²) < 4.78 is 5.70. The third-order valence-corrected chi connectivity index (χ3v) is 3.13. The van der Waals surface area contributed by atoms with Gasteiger partial charge in [0.2, 0.25) is 0 Å². The highest BCUT2D eigenvalue weighted by molar-refractivity contribution is 6.48. The van der Waals surface area contributed by atoms with Crippen molar-refractivity contribution in [1.82, 2.24) is 0 Å². The van der Waals surface area contributed by atoms with Crippen molar-refractivity contribution in [2.75, 3.05) is 0 Å². The SMILES string of the molecule is C[SiH](C)OCc1[c]ccc(C(C)(C)C)c1. The van der Waals surface area contributed by atoms with E-state index in [9.17, 15) is 0 Å².